The molecule has 0 N–H and O–H groups in total. The molecule has 30 heavy (non-hydrogen) atoms. The summed E-state index contributed by atoms with van der Waals surface area (Å²) in [6.45, 7) is 4.82. The molecule has 7 heteroatoms. The molecular formula is C23H27F3N2O2. The van der Waals surface area contributed by atoms with E-state index in [1.807, 2.05) is 17.0 Å². The monoisotopic (exact) mass is 420 g/mol. The Kier molecular flexibility index (Phi) is 6.50. The number of hydrogen-bond acceptors (Lipinski definition) is 3. The molecule has 1 fully saturated rings. The molecule has 1 aromatic carbocycles. The molecule has 1 atom stereocenters. The summed E-state index contributed by atoms with van der Waals surface area (Å²) in [5, 5.41) is 0. The molecule has 0 spiro atoms. The number of carbonyl (C=O) groups excluding carboxylic acids is 1. The van der Waals surface area contributed by atoms with Crippen molar-refractivity contribution in [1.82, 2.24) is 9.88 Å². The average molecular weight is 420 g/mol. The van der Waals surface area contributed by atoms with E-state index in [9.17, 15) is 18.0 Å². The first-order chi connectivity index (χ1) is 14.1. The van der Waals surface area contributed by atoms with Crippen LogP contribution in [0.2, 0.25) is 0 Å². The van der Waals surface area contributed by atoms with Gasteiger partial charge in [-0.05, 0) is 56.4 Å². The van der Waals surface area contributed by atoms with Crippen LogP contribution in [0.25, 0.3) is 0 Å². The second-order valence-corrected chi connectivity index (χ2v) is 8.27. The fraction of sp³-hybridized carbons (Fsp3) is 0.478. The predicted octanol–water partition coefficient (Wildman–Crippen LogP) is 4.82. The molecular weight excluding hydrogens is 393 g/mol. The van der Waals surface area contributed by atoms with Crippen LogP contribution in [-0.2, 0) is 22.1 Å². The standard InChI is InChI=1S/C23H27F3N2O2/c1-22(2,30-3)21(29)28-11-5-7-18(15-28)20-10-9-17(14-27-20)12-16-6-4-8-19(13-16)23(24,25)26/h4,6,8-10,13-14,18H,5,7,11-12,15H2,1-3H3/t18-/m1/s1. The number of rotatable bonds is 5. The summed E-state index contributed by atoms with van der Waals surface area (Å²) >= 11 is 0. The minimum absolute atomic E-state index is 0.0316. The van der Waals surface area contributed by atoms with E-state index in [1.54, 1.807) is 26.1 Å². The average Bonchev–Trinajstić information content (AvgIpc) is 2.73. The van der Waals surface area contributed by atoms with Gasteiger partial charge in [-0.15, -0.1) is 0 Å². The van der Waals surface area contributed by atoms with Crippen molar-refractivity contribution in [2.45, 2.75) is 50.8 Å². The van der Waals surface area contributed by atoms with Crippen LogP contribution >= 0.6 is 0 Å². The highest BCUT2D eigenvalue weighted by Crippen LogP contribution is 2.30. The van der Waals surface area contributed by atoms with E-state index in [0.29, 0.717) is 25.1 Å². The number of amides is 1. The number of methoxy groups -OCH3 is 1. The number of likely N-dealkylation sites (tertiary alicyclic amines) is 1. The van der Waals surface area contributed by atoms with Crippen molar-refractivity contribution in [3.63, 3.8) is 0 Å². The van der Waals surface area contributed by atoms with Gasteiger partial charge in [-0.3, -0.25) is 9.78 Å². The number of halogens is 3. The van der Waals surface area contributed by atoms with Gasteiger partial charge in [-0.1, -0.05) is 24.3 Å². The highest BCUT2D eigenvalue weighted by atomic mass is 19.4. The third-order valence-corrected chi connectivity index (χ3v) is 5.66. The number of aromatic nitrogens is 1. The van der Waals surface area contributed by atoms with E-state index >= 15 is 0 Å². The Balaban J connectivity index is 1.68. The zero-order valence-corrected chi connectivity index (χ0v) is 17.5. The van der Waals surface area contributed by atoms with Crippen LogP contribution in [0.4, 0.5) is 13.2 Å². The molecule has 1 aromatic heterocycles. The number of benzene rings is 1. The van der Waals surface area contributed by atoms with E-state index in [-0.39, 0.29) is 11.8 Å². The number of alkyl halides is 3. The fourth-order valence-electron chi connectivity index (χ4n) is 3.75. The maximum Gasteiger partial charge on any atom is 0.416 e. The summed E-state index contributed by atoms with van der Waals surface area (Å²) in [5.74, 6) is 0.105. The molecule has 0 saturated carbocycles. The Hall–Kier alpha value is -2.41. The van der Waals surface area contributed by atoms with Gasteiger partial charge < -0.3 is 9.64 Å². The van der Waals surface area contributed by atoms with Gasteiger partial charge in [0.1, 0.15) is 5.60 Å². The molecule has 162 valence electrons. The summed E-state index contributed by atoms with van der Waals surface area (Å²) in [7, 11) is 1.53. The van der Waals surface area contributed by atoms with Gasteiger partial charge in [0.25, 0.3) is 5.91 Å². The van der Waals surface area contributed by atoms with Crippen LogP contribution in [-0.4, -0.2) is 41.6 Å². The topological polar surface area (TPSA) is 42.4 Å². The molecule has 2 aromatic rings. The molecule has 0 aliphatic carbocycles. The van der Waals surface area contributed by atoms with Gasteiger partial charge in [0.15, 0.2) is 0 Å². The zero-order chi connectivity index (χ0) is 21.9. The van der Waals surface area contributed by atoms with Crippen molar-refractivity contribution in [3.8, 4) is 0 Å². The van der Waals surface area contributed by atoms with Crippen molar-refractivity contribution < 1.29 is 22.7 Å². The number of pyridine rings is 1. The molecule has 3 rings (SSSR count). The molecule has 0 unspecified atom stereocenters. The largest absolute Gasteiger partial charge is 0.416 e. The summed E-state index contributed by atoms with van der Waals surface area (Å²) in [5.41, 5.74) is 0.841. The number of piperidine rings is 1. The molecule has 1 saturated heterocycles. The number of ether oxygens (including phenoxy) is 1. The Morgan fingerprint density at radius 1 is 1.20 bits per heavy atom. The second kappa shape index (κ2) is 8.76. The Labute approximate surface area is 175 Å². The van der Waals surface area contributed by atoms with Crippen LogP contribution in [0.1, 0.15) is 55.0 Å². The third-order valence-electron chi connectivity index (χ3n) is 5.66. The van der Waals surface area contributed by atoms with Gasteiger partial charge >= 0.3 is 6.18 Å². The van der Waals surface area contributed by atoms with Gasteiger partial charge in [-0.25, -0.2) is 0 Å². The fourth-order valence-corrected chi connectivity index (χ4v) is 3.75. The Bertz CT molecular complexity index is 879. The zero-order valence-electron chi connectivity index (χ0n) is 17.5. The maximum absolute atomic E-state index is 12.9. The number of nitrogens with zero attached hydrogens (tertiary/aromatic N) is 2. The number of carbonyl (C=O) groups is 1. The molecule has 1 aliphatic heterocycles. The lowest BCUT2D eigenvalue weighted by Gasteiger charge is -2.36. The van der Waals surface area contributed by atoms with E-state index in [4.69, 9.17) is 4.74 Å². The van der Waals surface area contributed by atoms with Gasteiger partial charge in [0.2, 0.25) is 0 Å². The lowest BCUT2D eigenvalue weighted by Crippen LogP contribution is -2.49. The smallest absolute Gasteiger partial charge is 0.369 e. The van der Waals surface area contributed by atoms with Crippen LogP contribution in [0.5, 0.6) is 0 Å². The molecule has 4 nitrogen and oxygen atoms in total. The summed E-state index contributed by atoms with van der Waals surface area (Å²) in [6.07, 6.45) is -0.412. The molecule has 1 amide bonds. The van der Waals surface area contributed by atoms with E-state index < -0.39 is 17.3 Å². The predicted molar refractivity (Wildman–Crippen MR) is 108 cm³/mol. The van der Waals surface area contributed by atoms with Gasteiger partial charge in [0.05, 0.1) is 5.56 Å². The minimum atomic E-state index is -4.35. The van der Waals surface area contributed by atoms with Gasteiger partial charge in [-0.2, -0.15) is 13.2 Å². The van der Waals surface area contributed by atoms with Gasteiger partial charge in [0, 0.05) is 38.0 Å². The Morgan fingerprint density at radius 3 is 2.60 bits per heavy atom. The molecule has 2 heterocycles. The minimum Gasteiger partial charge on any atom is -0.369 e. The van der Waals surface area contributed by atoms with Crippen LogP contribution in [0, 0.1) is 0 Å². The number of hydrogen-bond donors (Lipinski definition) is 0. The van der Waals surface area contributed by atoms with E-state index in [0.717, 1.165) is 30.2 Å². The van der Waals surface area contributed by atoms with Crippen molar-refractivity contribution >= 4 is 5.91 Å². The third kappa shape index (κ3) is 5.19. The molecule has 1 aliphatic rings. The highest BCUT2D eigenvalue weighted by molar-refractivity contribution is 5.84. The van der Waals surface area contributed by atoms with Crippen LogP contribution in [0.15, 0.2) is 42.6 Å². The SMILES string of the molecule is COC(C)(C)C(=O)N1CCC[C@@H](c2ccc(Cc3cccc(C(F)(F)F)c3)cn2)C1. The van der Waals surface area contributed by atoms with Crippen LogP contribution in [0.3, 0.4) is 0 Å². The first kappa shape index (κ1) is 22.3. The van der Waals surface area contributed by atoms with E-state index in [1.165, 1.54) is 19.2 Å². The summed E-state index contributed by atoms with van der Waals surface area (Å²) < 4.78 is 44.0. The van der Waals surface area contributed by atoms with Crippen molar-refractivity contribution in [2.24, 2.45) is 0 Å². The quantitative estimate of drug-likeness (QED) is 0.696. The second-order valence-electron chi connectivity index (χ2n) is 8.27. The molecule has 0 radical (unpaired) electrons. The van der Waals surface area contributed by atoms with Crippen molar-refractivity contribution in [1.29, 1.82) is 0 Å². The first-order valence-corrected chi connectivity index (χ1v) is 10.1. The Morgan fingerprint density at radius 2 is 1.97 bits per heavy atom. The lowest BCUT2D eigenvalue weighted by molar-refractivity contribution is -0.152. The lowest BCUT2D eigenvalue weighted by atomic mass is 9.92. The van der Waals surface area contributed by atoms with E-state index in [2.05, 4.69) is 4.98 Å². The normalized spacial score (nSPS) is 17.8. The molecule has 0 bridgehead atoms. The first-order valence-electron chi connectivity index (χ1n) is 10.1. The highest BCUT2D eigenvalue weighted by Gasteiger charge is 2.35. The van der Waals surface area contributed by atoms with Crippen LogP contribution < -0.4 is 0 Å². The van der Waals surface area contributed by atoms with Crippen molar-refractivity contribution in [2.75, 3.05) is 20.2 Å². The maximum atomic E-state index is 12.9. The van der Waals surface area contributed by atoms with Crippen molar-refractivity contribution in [3.05, 3.63) is 65.0 Å². The summed E-state index contributed by atoms with van der Waals surface area (Å²) in [4.78, 5) is 19.1. The summed E-state index contributed by atoms with van der Waals surface area (Å²) in [6, 6.07) is 9.19.